The van der Waals surface area contributed by atoms with E-state index in [9.17, 15) is 15.2 Å². The van der Waals surface area contributed by atoms with Gasteiger partial charge in [-0.05, 0) is 23.8 Å². The molecule has 7 nitrogen and oxygen atoms in total. The van der Waals surface area contributed by atoms with Gasteiger partial charge in [0.2, 0.25) is 5.75 Å². The highest BCUT2D eigenvalue weighted by molar-refractivity contribution is 7.80. The van der Waals surface area contributed by atoms with Crippen LogP contribution < -0.4 is 10.7 Å². The molecule has 2 aromatic rings. The van der Waals surface area contributed by atoms with Crippen LogP contribution in [0.4, 0.5) is 5.69 Å². The van der Waals surface area contributed by atoms with Gasteiger partial charge in [-0.25, -0.2) is 0 Å². The van der Waals surface area contributed by atoms with Gasteiger partial charge in [0.15, 0.2) is 5.11 Å². The van der Waals surface area contributed by atoms with Crippen molar-refractivity contribution in [1.29, 1.82) is 0 Å². The molecule has 0 atom stereocenters. The third-order valence-corrected chi connectivity index (χ3v) is 3.40. The van der Waals surface area contributed by atoms with E-state index in [0.29, 0.717) is 6.54 Å². The molecule has 0 bridgehead atoms. The number of rotatable bonds is 5. The van der Waals surface area contributed by atoms with E-state index in [4.69, 9.17) is 23.8 Å². The number of nitrogens with zero attached hydrogens (tertiary/aromatic N) is 2. The Bertz CT molecular complexity index is 784. The lowest BCUT2D eigenvalue weighted by molar-refractivity contribution is -0.385. The monoisotopic (exact) mass is 364 g/mol. The second kappa shape index (κ2) is 8.23. The summed E-state index contributed by atoms with van der Waals surface area (Å²) in [5, 5.41) is 27.8. The lowest BCUT2D eigenvalue weighted by atomic mass is 10.2. The average molecular weight is 365 g/mol. The van der Waals surface area contributed by atoms with Crippen molar-refractivity contribution in [1.82, 2.24) is 10.7 Å². The highest BCUT2D eigenvalue weighted by Gasteiger charge is 2.17. The number of benzene rings is 2. The van der Waals surface area contributed by atoms with Crippen molar-refractivity contribution in [2.45, 2.75) is 6.54 Å². The summed E-state index contributed by atoms with van der Waals surface area (Å²) in [4.78, 5) is 10.1. The van der Waals surface area contributed by atoms with Gasteiger partial charge < -0.3 is 10.4 Å². The zero-order valence-corrected chi connectivity index (χ0v) is 13.8. The van der Waals surface area contributed by atoms with Gasteiger partial charge in [0.1, 0.15) is 0 Å². The third kappa shape index (κ3) is 4.90. The number of nitro groups is 1. The van der Waals surface area contributed by atoms with Crippen molar-refractivity contribution in [3.05, 3.63) is 68.7 Å². The molecule has 0 aliphatic carbocycles. The fourth-order valence-corrected chi connectivity index (χ4v) is 2.17. The van der Waals surface area contributed by atoms with Crippen LogP contribution in [-0.4, -0.2) is 21.4 Å². The molecule has 0 amide bonds. The Balaban J connectivity index is 1.96. The molecule has 0 saturated heterocycles. The summed E-state index contributed by atoms with van der Waals surface area (Å²) in [7, 11) is 0. The summed E-state index contributed by atoms with van der Waals surface area (Å²) >= 11 is 10.9. The average Bonchev–Trinajstić information content (AvgIpc) is 2.56. The molecular weight excluding hydrogens is 352 g/mol. The SMILES string of the molecule is O=[N+]([O-])c1cc(Cl)cc(/C=N/NC(=S)NCc2ccccc2)c1O. The third-order valence-electron chi connectivity index (χ3n) is 2.95. The van der Waals surface area contributed by atoms with Crippen molar-refractivity contribution >= 4 is 40.8 Å². The van der Waals surface area contributed by atoms with Gasteiger partial charge in [-0.15, -0.1) is 0 Å². The fraction of sp³-hybridized carbons (Fsp3) is 0.0667. The Morgan fingerprint density at radius 2 is 2.08 bits per heavy atom. The van der Waals surface area contributed by atoms with E-state index in [0.717, 1.165) is 11.6 Å². The molecule has 0 radical (unpaired) electrons. The number of phenolic OH excluding ortho intramolecular Hbond substituents is 1. The van der Waals surface area contributed by atoms with E-state index in [1.54, 1.807) is 0 Å². The molecule has 0 aromatic heterocycles. The summed E-state index contributed by atoms with van der Waals surface area (Å²) in [6, 6.07) is 12.1. The molecular formula is C15H13ClN4O3S. The molecule has 0 saturated carbocycles. The molecule has 124 valence electrons. The molecule has 0 unspecified atom stereocenters. The Labute approximate surface area is 148 Å². The van der Waals surface area contributed by atoms with E-state index in [1.807, 2.05) is 30.3 Å². The molecule has 0 heterocycles. The Morgan fingerprint density at radius 3 is 2.75 bits per heavy atom. The van der Waals surface area contributed by atoms with E-state index >= 15 is 0 Å². The maximum absolute atomic E-state index is 10.8. The van der Waals surface area contributed by atoms with Crippen LogP contribution in [0.2, 0.25) is 5.02 Å². The van der Waals surface area contributed by atoms with Crippen LogP contribution in [0, 0.1) is 10.1 Å². The Hall–Kier alpha value is -2.71. The number of halogens is 1. The lowest BCUT2D eigenvalue weighted by Gasteiger charge is -2.07. The second-order valence-corrected chi connectivity index (χ2v) is 5.50. The number of nitro benzene ring substituents is 1. The van der Waals surface area contributed by atoms with E-state index < -0.39 is 16.4 Å². The Kier molecular flexibility index (Phi) is 6.05. The smallest absolute Gasteiger partial charge is 0.312 e. The van der Waals surface area contributed by atoms with Gasteiger partial charge in [0, 0.05) is 23.2 Å². The van der Waals surface area contributed by atoms with Gasteiger partial charge in [-0.2, -0.15) is 5.10 Å². The molecule has 3 N–H and O–H groups in total. The summed E-state index contributed by atoms with van der Waals surface area (Å²) < 4.78 is 0. The number of hydrogen-bond donors (Lipinski definition) is 3. The zero-order chi connectivity index (χ0) is 17.5. The molecule has 0 aliphatic heterocycles. The first-order valence-electron chi connectivity index (χ1n) is 6.75. The number of aromatic hydroxyl groups is 1. The second-order valence-electron chi connectivity index (χ2n) is 4.66. The number of nitrogens with one attached hydrogen (secondary N) is 2. The minimum Gasteiger partial charge on any atom is -0.502 e. The summed E-state index contributed by atoms with van der Waals surface area (Å²) in [5.74, 6) is -0.516. The largest absolute Gasteiger partial charge is 0.502 e. The van der Waals surface area contributed by atoms with Gasteiger partial charge in [-0.3, -0.25) is 15.5 Å². The predicted molar refractivity (Wildman–Crippen MR) is 96.4 cm³/mol. The number of hydrazone groups is 1. The van der Waals surface area contributed by atoms with Gasteiger partial charge in [-0.1, -0.05) is 41.9 Å². The van der Waals surface area contributed by atoms with Crippen LogP contribution >= 0.6 is 23.8 Å². The van der Waals surface area contributed by atoms with E-state index in [2.05, 4.69) is 15.8 Å². The lowest BCUT2D eigenvalue weighted by Crippen LogP contribution is -2.31. The zero-order valence-electron chi connectivity index (χ0n) is 12.3. The van der Waals surface area contributed by atoms with E-state index in [-0.39, 0.29) is 15.7 Å². The molecule has 24 heavy (non-hydrogen) atoms. The van der Waals surface area contributed by atoms with Crippen LogP contribution in [0.15, 0.2) is 47.6 Å². The maximum atomic E-state index is 10.8. The molecule has 0 aliphatic rings. The summed E-state index contributed by atoms with van der Waals surface area (Å²) in [5.41, 5.74) is 3.22. The van der Waals surface area contributed by atoms with Crippen molar-refractivity contribution in [3.8, 4) is 5.75 Å². The van der Waals surface area contributed by atoms with Crippen molar-refractivity contribution in [3.63, 3.8) is 0 Å². The van der Waals surface area contributed by atoms with Gasteiger partial charge in [0.05, 0.1) is 11.1 Å². The maximum Gasteiger partial charge on any atom is 0.312 e. The molecule has 0 fully saturated rings. The molecule has 0 spiro atoms. The first kappa shape index (κ1) is 17.6. The fourth-order valence-electron chi connectivity index (χ4n) is 1.82. The minimum atomic E-state index is -0.724. The summed E-state index contributed by atoms with van der Waals surface area (Å²) in [6.45, 7) is 0.524. The van der Waals surface area contributed by atoms with Crippen LogP contribution in [0.5, 0.6) is 5.75 Å². The van der Waals surface area contributed by atoms with Crippen LogP contribution in [0.3, 0.4) is 0 Å². The Morgan fingerprint density at radius 1 is 1.38 bits per heavy atom. The highest BCUT2D eigenvalue weighted by Crippen LogP contribution is 2.32. The van der Waals surface area contributed by atoms with Gasteiger partial charge >= 0.3 is 5.69 Å². The normalized spacial score (nSPS) is 10.5. The topological polar surface area (TPSA) is 99.8 Å². The number of thiocarbonyl (C=S) groups is 1. The standard InChI is InChI=1S/C15H13ClN4O3S/c16-12-6-11(14(21)13(7-12)20(22)23)9-18-19-15(24)17-8-10-4-2-1-3-5-10/h1-7,9,21H,8H2,(H2,17,19,24)/b18-9+. The molecule has 2 aromatic carbocycles. The number of phenols is 1. The first-order valence-corrected chi connectivity index (χ1v) is 7.53. The minimum absolute atomic E-state index is 0.104. The van der Waals surface area contributed by atoms with E-state index in [1.165, 1.54) is 12.3 Å². The molecule has 2 rings (SSSR count). The van der Waals surface area contributed by atoms with Crippen LogP contribution in [0.1, 0.15) is 11.1 Å². The highest BCUT2D eigenvalue weighted by atomic mass is 35.5. The van der Waals surface area contributed by atoms with Crippen LogP contribution in [-0.2, 0) is 6.54 Å². The quantitative estimate of drug-likeness (QED) is 0.326. The molecule has 9 heteroatoms. The van der Waals surface area contributed by atoms with Crippen molar-refractivity contribution in [2.24, 2.45) is 5.10 Å². The van der Waals surface area contributed by atoms with Crippen molar-refractivity contribution < 1.29 is 10.0 Å². The van der Waals surface area contributed by atoms with Crippen LogP contribution in [0.25, 0.3) is 0 Å². The summed E-state index contributed by atoms with van der Waals surface area (Å²) in [6.07, 6.45) is 1.20. The van der Waals surface area contributed by atoms with Crippen molar-refractivity contribution in [2.75, 3.05) is 0 Å². The predicted octanol–water partition coefficient (Wildman–Crippen LogP) is 2.95. The number of hydrogen-bond acceptors (Lipinski definition) is 5. The first-order chi connectivity index (χ1) is 11.5. The van der Waals surface area contributed by atoms with Gasteiger partial charge in [0.25, 0.3) is 0 Å².